The first kappa shape index (κ1) is 20.6. The molecule has 4 rings (SSSR count). The lowest BCUT2D eigenvalue weighted by Gasteiger charge is -2.20. The van der Waals surface area contributed by atoms with E-state index in [2.05, 4.69) is 34.8 Å². The molecule has 1 aliphatic carbocycles. The summed E-state index contributed by atoms with van der Waals surface area (Å²) in [6.45, 7) is 4.54. The molecule has 150 valence electrons. The van der Waals surface area contributed by atoms with Gasteiger partial charge in [-0.1, -0.05) is 24.3 Å². The lowest BCUT2D eigenvalue weighted by molar-refractivity contribution is -0.129. The molecule has 0 aliphatic heterocycles. The maximum absolute atomic E-state index is 12.1. The van der Waals surface area contributed by atoms with Crippen molar-refractivity contribution in [3.05, 3.63) is 34.3 Å². The van der Waals surface area contributed by atoms with Crippen LogP contribution in [0.25, 0.3) is 16.0 Å². The summed E-state index contributed by atoms with van der Waals surface area (Å²) in [5.41, 5.74) is 4.42. The topological polar surface area (TPSA) is 72.7 Å². The molecule has 1 aromatic carbocycles. The smallest absolute Gasteiger partial charge is 0.408 e. The van der Waals surface area contributed by atoms with Crippen LogP contribution in [-0.2, 0) is 22.5 Å². The predicted octanol–water partition coefficient (Wildman–Crippen LogP) is 4.58. The van der Waals surface area contributed by atoms with Gasteiger partial charge >= 0.3 is 6.09 Å². The van der Waals surface area contributed by atoms with Gasteiger partial charge < -0.3 is 10.1 Å². The summed E-state index contributed by atoms with van der Waals surface area (Å²) < 4.78 is 7.43. The van der Waals surface area contributed by atoms with Crippen LogP contribution >= 0.6 is 23.7 Å². The van der Waals surface area contributed by atoms with Gasteiger partial charge in [0, 0.05) is 17.0 Å². The average Bonchev–Trinajstić information content (AvgIpc) is 3.17. The number of carbonyl (C=O) groups is 2. The Morgan fingerprint density at radius 2 is 2.21 bits per heavy atom. The number of carbonyl (C=O) groups excluding carboxylic acids is 2. The monoisotopic (exact) mass is 421 g/mol. The van der Waals surface area contributed by atoms with E-state index in [1.54, 1.807) is 11.3 Å². The Morgan fingerprint density at radius 3 is 2.96 bits per heavy atom. The molecule has 1 saturated carbocycles. The average molecular weight is 422 g/mol. The van der Waals surface area contributed by atoms with Crippen molar-refractivity contribution in [1.29, 1.82) is 0 Å². The third kappa shape index (κ3) is 3.86. The van der Waals surface area contributed by atoms with Crippen molar-refractivity contribution in [1.82, 2.24) is 14.7 Å². The van der Waals surface area contributed by atoms with Gasteiger partial charge in [-0.25, -0.2) is 9.78 Å². The number of rotatable bonds is 4. The highest BCUT2D eigenvalue weighted by Gasteiger charge is 2.25. The SMILES string of the molecule is CCc1ccc2c(c1)nc1sc(CNC(=O)OC3CCCCC3=O)c(C)n12.Cl. The fourth-order valence-electron chi connectivity index (χ4n) is 3.59. The summed E-state index contributed by atoms with van der Waals surface area (Å²) in [5.74, 6) is 0.0279. The van der Waals surface area contributed by atoms with Crippen molar-refractivity contribution in [3.63, 3.8) is 0 Å². The van der Waals surface area contributed by atoms with E-state index in [0.717, 1.165) is 45.8 Å². The van der Waals surface area contributed by atoms with E-state index in [4.69, 9.17) is 9.72 Å². The van der Waals surface area contributed by atoms with Gasteiger partial charge in [0.15, 0.2) is 16.8 Å². The summed E-state index contributed by atoms with van der Waals surface area (Å²) in [5, 5.41) is 2.78. The molecule has 0 radical (unpaired) electrons. The number of benzene rings is 1. The third-order valence-electron chi connectivity index (χ3n) is 5.19. The van der Waals surface area contributed by atoms with Crippen LogP contribution in [0.2, 0.25) is 0 Å². The van der Waals surface area contributed by atoms with E-state index >= 15 is 0 Å². The van der Waals surface area contributed by atoms with Crippen molar-refractivity contribution in [3.8, 4) is 0 Å². The molecule has 1 fully saturated rings. The number of hydrogen-bond donors (Lipinski definition) is 1. The highest BCUT2D eigenvalue weighted by molar-refractivity contribution is 7.17. The first-order valence-electron chi connectivity index (χ1n) is 9.43. The Labute approximate surface area is 173 Å². The second-order valence-electron chi connectivity index (χ2n) is 6.98. The normalized spacial score (nSPS) is 16.9. The molecule has 1 N–H and O–H groups in total. The summed E-state index contributed by atoms with van der Waals surface area (Å²) in [7, 11) is 0. The van der Waals surface area contributed by atoms with E-state index in [1.807, 2.05) is 6.92 Å². The number of amides is 1. The molecular formula is C20H24ClN3O3S. The number of alkyl carbamates (subject to hydrolysis) is 1. The van der Waals surface area contributed by atoms with Gasteiger partial charge in [0.25, 0.3) is 0 Å². The Balaban J connectivity index is 0.00000225. The summed E-state index contributed by atoms with van der Waals surface area (Å²) in [6.07, 6.45) is 2.83. The number of Topliss-reactive ketones (excluding diaryl/α,β-unsaturated/α-hetero) is 1. The van der Waals surface area contributed by atoms with Gasteiger partial charge in [0.1, 0.15) is 0 Å². The fourth-order valence-corrected chi connectivity index (χ4v) is 4.66. The van der Waals surface area contributed by atoms with Crippen molar-refractivity contribution in [2.45, 2.75) is 58.6 Å². The van der Waals surface area contributed by atoms with Gasteiger partial charge in [-0.05, 0) is 50.3 Å². The number of nitrogens with one attached hydrogen (secondary N) is 1. The fraction of sp³-hybridized carbons (Fsp3) is 0.450. The van der Waals surface area contributed by atoms with E-state index in [0.29, 0.717) is 19.4 Å². The molecule has 2 heterocycles. The lowest BCUT2D eigenvalue weighted by atomic mass is 9.96. The van der Waals surface area contributed by atoms with Crippen LogP contribution in [0.4, 0.5) is 4.79 Å². The molecule has 1 unspecified atom stereocenters. The summed E-state index contributed by atoms with van der Waals surface area (Å²) >= 11 is 1.57. The van der Waals surface area contributed by atoms with Crippen molar-refractivity contribution >= 4 is 51.6 Å². The highest BCUT2D eigenvalue weighted by Crippen LogP contribution is 2.28. The van der Waals surface area contributed by atoms with Crippen LogP contribution < -0.4 is 5.32 Å². The Bertz CT molecular complexity index is 1030. The van der Waals surface area contributed by atoms with E-state index in [-0.39, 0.29) is 18.2 Å². The standard InChI is InChI=1S/C20H23N3O3S.ClH/c1-3-13-8-9-15-14(10-13)22-19-23(15)12(2)18(27-19)11-21-20(25)26-17-7-5-4-6-16(17)24;/h8-10,17H,3-7,11H2,1-2H3,(H,21,25);1H. The molecule has 1 atom stereocenters. The molecular weight excluding hydrogens is 398 g/mol. The second-order valence-corrected chi connectivity index (χ2v) is 8.04. The van der Waals surface area contributed by atoms with Gasteiger partial charge in [-0.3, -0.25) is 9.20 Å². The molecule has 1 aliphatic rings. The molecule has 0 bridgehead atoms. The number of halogens is 1. The number of ketones is 1. The van der Waals surface area contributed by atoms with E-state index in [9.17, 15) is 9.59 Å². The largest absolute Gasteiger partial charge is 0.438 e. The van der Waals surface area contributed by atoms with Gasteiger partial charge in [-0.2, -0.15) is 0 Å². The number of hydrogen-bond acceptors (Lipinski definition) is 5. The van der Waals surface area contributed by atoms with Crippen molar-refractivity contribution in [2.75, 3.05) is 0 Å². The zero-order chi connectivity index (χ0) is 19.0. The molecule has 8 heteroatoms. The van der Waals surface area contributed by atoms with Gasteiger partial charge in [0.2, 0.25) is 0 Å². The summed E-state index contributed by atoms with van der Waals surface area (Å²) in [6, 6.07) is 6.36. The van der Waals surface area contributed by atoms with Gasteiger partial charge in [0.05, 0.1) is 17.6 Å². The number of aromatic nitrogens is 2. The minimum absolute atomic E-state index is 0. The molecule has 2 aromatic heterocycles. The lowest BCUT2D eigenvalue weighted by Crippen LogP contribution is -2.34. The second kappa shape index (κ2) is 8.49. The molecule has 3 aromatic rings. The first-order chi connectivity index (χ1) is 13.1. The third-order valence-corrected chi connectivity index (χ3v) is 6.33. The Kier molecular flexibility index (Phi) is 6.25. The number of fused-ring (bicyclic) bond motifs is 3. The van der Waals surface area contributed by atoms with Crippen LogP contribution in [0.3, 0.4) is 0 Å². The maximum Gasteiger partial charge on any atom is 0.408 e. The quantitative estimate of drug-likeness (QED) is 0.669. The van der Waals surface area contributed by atoms with Crippen LogP contribution in [-0.4, -0.2) is 27.4 Å². The van der Waals surface area contributed by atoms with Crippen LogP contribution in [0.5, 0.6) is 0 Å². The molecule has 6 nitrogen and oxygen atoms in total. The van der Waals surface area contributed by atoms with Crippen LogP contribution in [0.15, 0.2) is 18.2 Å². The minimum atomic E-state index is -0.586. The molecule has 0 saturated heterocycles. The Morgan fingerprint density at radius 1 is 1.39 bits per heavy atom. The zero-order valence-electron chi connectivity index (χ0n) is 16.0. The minimum Gasteiger partial charge on any atom is -0.438 e. The zero-order valence-corrected chi connectivity index (χ0v) is 17.6. The maximum atomic E-state index is 12.1. The van der Waals surface area contributed by atoms with Gasteiger partial charge in [-0.15, -0.1) is 12.4 Å². The number of nitrogens with zero attached hydrogens (tertiary/aromatic N) is 2. The number of imidazole rings is 1. The Hall–Kier alpha value is -2.12. The van der Waals surface area contributed by atoms with Crippen molar-refractivity contribution in [2.24, 2.45) is 0 Å². The summed E-state index contributed by atoms with van der Waals surface area (Å²) in [4.78, 5) is 30.6. The highest BCUT2D eigenvalue weighted by atomic mass is 35.5. The molecule has 0 spiro atoms. The number of aryl methyl sites for hydroxylation is 2. The number of ether oxygens (including phenoxy) is 1. The molecule has 1 amide bonds. The first-order valence-corrected chi connectivity index (χ1v) is 10.2. The predicted molar refractivity (Wildman–Crippen MR) is 113 cm³/mol. The van der Waals surface area contributed by atoms with E-state index in [1.165, 1.54) is 5.56 Å². The number of thiazole rings is 1. The van der Waals surface area contributed by atoms with Crippen LogP contribution in [0, 0.1) is 6.92 Å². The van der Waals surface area contributed by atoms with Crippen LogP contribution in [0.1, 0.15) is 48.7 Å². The van der Waals surface area contributed by atoms with Crippen molar-refractivity contribution < 1.29 is 14.3 Å². The van der Waals surface area contributed by atoms with E-state index < -0.39 is 12.2 Å². The molecule has 28 heavy (non-hydrogen) atoms.